The fourth-order valence-corrected chi connectivity index (χ4v) is 7.07. The summed E-state index contributed by atoms with van der Waals surface area (Å²) in [5.74, 6) is 1.83. The highest BCUT2D eigenvalue weighted by molar-refractivity contribution is 5.91. The Hall–Kier alpha value is -5.15. The van der Waals surface area contributed by atoms with Crippen molar-refractivity contribution in [1.29, 1.82) is 0 Å². The molecule has 0 saturated carbocycles. The quantitative estimate of drug-likeness (QED) is 0.120. The van der Waals surface area contributed by atoms with Crippen molar-refractivity contribution in [3.63, 3.8) is 0 Å². The van der Waals surface area contributed by atoms with Crippen LogP contribution < -0.4 is 21.1 Å². The molecule has 4 aromatic carbocycles. The first-order valence-electron chi connectivity index (χ1n) is 18.5. The van der Waals surface area contributed by atoms with E-state index in [1.54, 1.807) is 0 Å². The molecule has 1 aliphatic heterocycles. The number of piperidine rings is 1. The van der Waals surface area contributed by atoms with Gasteiger partial charge in [0.15, 0.2) is 0 Å². The van der Waals surface area contributed by atoms with E-state index in [4.69, 9.17) is 15.5 Å². The topological polar surface area (TPSA) is 115 Å². The molecule has 0 bridgehead atoms. The van der Waals surface area contributed by atoms with Crippen molar-refractivity contribution in [1.82, 2.24) is 19.8 Å². The Kier molecular flexibility index (Phi) is 11.3. The van der Waals surface area contributed by atoms with Gasteiger partial charge in [-0.3, -0.25) is 4.79 Å². The Morgan fingerprint density at radius 1 is 0.942 bits per heavy atom. The summed E-state index contributed by atoms with van der Waals surface area (Å²) in [6, 6.07) is 29.4. The summed E-state index contributed by atoms with van der Waals surface area (Å²) in [6.07, 6.45) is 4.73. The molecule has 0 spiro atoms. The van der Waals surface area contributed by atoms with Gasteiger partial charge in [-0.1, -0.05) is 75.7 Å². The number of primary amides is 1. The molecule has 1 fully saturated rings. The summed E-state index contributed by atoms with van der Waals surface area (Å²) in [5, 5.41) is 5.87. The van der Waals surface area contributed by atoms with Crippen LogP contribution in [0.15, 0.2) is 91.0 Å². The Labute approximate surface area is 307 Å². The Bertz CT molecular complexity index is 2010. The minimum atomic E-state index is -0.637. The van der Waals surface area contributed by atoms with E-state index >= 15 is 0 Å². The van der Waals surface area contributed by atoms with Crippen LogP contribution in [-0.4, -0.2) is 45.5 Å². The fourth-order valence-electron chi connectivity index (χ4n) is 7.07. The summed E-state index contributed by atoms with van der Waals surface area (Å²) < 4.78 is 8.62. The lowest BCUT2D eigenvalue weighted by Crippen LogP contribution is -2.38. The van der Waals surface area contributed by atoms with Crippen LogP contribution in [0.5, 0.6) is 11.5 Å². The van der Waals surface area contributed by atoms with Crippen LogP contribution in [0.25, 0.3) is 22.4 Å². The molecule has 1 saturated heterocycles. The largest absolute Gasteiger partial charge is 0.457 e. The van der Waals surface area contributed by atoms with E-state index in [1.165, 1.54) is 24.8 Å². The number of amides is 3. The molecule has 2 atom stereocenters. The van der Waals surface area contributed by atoms with Gasteiger partial charge in [-0.05, 0) is 104 Å². The predicted molar refractivity (Wildman–Crippen MR) is 210 cm³/mol. The van der Waals surface area contributed by atoms with Crippen molar-refractivity contribution in [2.75, 3.05) is 18.4 Å². The van der Waals surface area contributed by atoms with Gasteiger partial charge in [0.05, 0.1) is 23.5 Å². The molecule has 0 aliphatic carbocycles. The molecule has 9 heteroatoms. The summed E-state index contributed by atoms with van der Waals surface area (Å²) in [7, 11) is 0. The SMILES string of the molecule is Cc1ccccc1NC(=O)NC(CC(N)=O)c1ccc2c(c1)nc(-c1cccc(Oc3ccc(C(C)(C)C)cc3)c1)n2CCCN1CCCCC1C. The second-order valence-electron chi connectivity index (χ2n) is 15.1. The lowest BCUT2D eigenvalue weighted by atomic mass is 9.87. The van der Waals surface area contributed by atoms with Crippen LogP contribution in [0.2, 0.25) is 0 Å². The van der Waals surface area contributed by atoms with Gasteiger partial charge in [0.1, 0.15) is 17.3 Å². The van der Waals surface area contributed by atoms with Crippen molar-refractivity contribution in [2.24, 2.45) is 5.73 Å². The zero-order valence-corrected chi connectivity index (χ0v) is 31.1. The third-order valence-electron chi connectivity index (χ3n) is 10.1. The van der Waals surface area contributed by atoms with E-state index in [1.807, 2.05) is 79.7 Å². The number of aryl methyl sites for hydroxylation is 2. The molecule has 52 heavy (non-hydrogen) atoms. The van der Waals surface area contributed by atoms with E-state index in [0.717, 1.165) is 71.1 Å². The van der Waals surface area contributed by atoms with Gasteiger partial charge in [0.2, 0.25) is 5.91 Å². The van der Waals surface area contributed by atoms with Gasteiger partial charge < -0.3 is 30.6 Å². The van der Waals surface area contributed by atoms with Crippen molar-refractivity contribution < 1.29 is 14.3 Å². The number of para-hydroxylation sites is 1. The molecule has 4 N–H and O–H groups in total. The number of hydrogen-bond acceptors (Lipinski definition) is 5. The molecule has 2 unspecified atom stereocenters. The number of carbonyl (C=O) groups excluding carboxylic acids is 2. The highest BCUT2D eigenvalue weighted by atomic mass is 16.5. The van der Waals surface area contributed by atoms with Crippen molar-refractivity contribution >= 4 is 28.7 Å². The number of aromatic nitrogens is 2. The van der Waals surface area contributed by atoms with E-state index < -0.39 is 18.0 Å². The van der Waals surface area contributed by atoms with Crippen LogP contribution in [0.1, 0.15) is 82.5 Å². The summed E-state index contributed by atoms with van der Waals surface area (Å²) >= 11 is 0. The molecule has 1 aromatic heterocycles. The van der Waals surface area contributed by atoms with Crippen LogP contribution in [0.4, 0.5) is 10.5 Å². The second kappa shape index (κ2) is 16.0. The zero-order chi connectivity index (χ0) is 36.8. The Balaban J connectivity index is 1.30. The first-order chi connectivity index (χ1) is 24.9. The predicted octanol–water partition coefficient (Wildman–Crippen LogP) is 9.10. The molecule has 1 aliphatic rings. The number of nitrogens with two attached hydrogens (primary N) is 1. The number of rotatable bonds is 12. The number of urea groups is 1. The third kappa shape index (κ3) is 9.01. The number of anilines is 1. The Morgan fingerprint density at radius 2 is 1.73 bits per heavy atom. The van der Waals surface area contributed by atoms with E-state index in [-0.39, 0.29) is 11.8 Å². The summed E-state index contributed by atoms with van der Waals surface area (Å²) in [4.78, 5) is 33.1. The van der Waals surface area contributed by atoms with Crippen LogP contribution in [0.3, 0.4) is 0 Å². The molecule has 272 valence electrons. The van der Waals surface area contributed by atoms with E-state index in [2.05, 4.69) is 66.0 Å². The average molecular weight is 701 g/mol. The molecule has 6 rings (SSSR count). The number of benzene rings is 4. The molecule has 0 radical (unpaired) electrons. The van der Waals surface area contributed by atoms with E-state index in [0.29, 0.717) is 11.7 Å². The molecule has 2 heterocycles. The fraction of sp³-hybridized carbons (Fsp3) is 0.372. The zero-order valence-electron chi connectivity index (χ0n) is 31.1. The number of nitrogens with one attached hydrogen (secondary N) is 2. The first-order valence-corrected chi connectivity index (χ1v) is 18.5. The minimum Gasteiger partial charge on any atom is -0.457 e. The smallest absolute Gasteiger partial charge is 0.319 e. The highest BCUT2D eigenvalue weighted by Gasteiger charge is 2.22. The van der Waals surface area contributed by atoms with Crippen LogP contribution >= 0.6 is 0 Å². The highest BCUT2D eigenvalue weighted by Crippen LogP contribution is 2.33. The van der Waals surface area contributed by atoms with Crippen molar-refractivity contribution in [2.45, 2.75) is 90.8 Å². The number of carbonyl (C=O) groups is 2. The third-order valence-corrected chi connectivity index (χ3v) is 10.1. The van der Waals surface area contributed by atoms with Gasteiger partial charge in [0.25, 0.3) is 0 Å². The monoisotopic (exact) mass is 700 g/mol. The summed E-state index contributed by atoms with van der Waals surface area (Å²) in [5.41, 5.74) is 12.1. The maximum atomic E-state index is 13.1. The maximum Gasteiger partial charge on any atom is 0.319 e. The van der Waals surface area contributed by atoms with Gasteiger partial charge in [-0.15, -0.1) is 0 Å². The number of likely N-dealkylation sites (tertiary alicyclic amines) is 1. The number of nitrogens with zero attached hydrogens (tertiary/aromatic N) is 3. The lowest BCUT2D eigenvalue weighted by Gasteiger charge is -2.33. The normalized spacial score (nSPS) is 15.7. The van der Waals surface area contributed by atoms with Gasteiger partial charge in [-0.2, -0.15) is 0 Å². The molecular weight excluding hydrogens is 649 g/mol. The van der Waals surface area contributed by atoms with Crippen molar-refractivity contribution in [3.05, 3.63) is 108 Å². The van der Waals surface area contributed by atoms with Crippen molar-refractivity contribution in [3.8, 4) is 22.9 Å². The molecule has 3 amide bonds. The van der Waals surface area contributed by atoms with Gasteiger partial charge >= 0.3 is 6.03 Å². The standard InChI is InChI=1S/C43H52N6O3/c1-29-12-6-7-16-36(29)46-42(51)47-37(28-40(44)50)31-17-22-39-38(27-31)45-41(49(39)25-11-24-48-23-9-8-13-30(48)2)32-14-10-15-35(26-32)52-34-20-18-33(19-21-34)43(3,4)5/h6-7,10,12,14-22,26-27,30,37H,8-9,11,13,23-25,28H2,1-5H3,(H2,44,50)(H2,46,47,51). The maximum absolute atomic E-state index is 13.1. The number of imidazole rings is 1. The number of hydrogen-bond donors (Lipinski definition) is 3. The van der Waals surface area contributed by atoms with Crippen LogP contribution in [-0.2, 0) is 16.8 Å². The lowest BCUT2D eigenvalue weighted by molar-refractivity contribution is -0.118. The van der Waals surface area contributed by atoms with E-state index in [9.17, 15) is 9.59 Å². The second-order valence-corrected chi connectivity index (χ2v) is 15.1. The Morgan fingerprint density at radius 3 is 2.46 bits per heavy atom. The number of fused-ring (bicyclic) bond motifs is 1. The summed E-state index contributed by atoms with van der Waals surface area (Å²) in [6.45, 7) is 13.8. The van der Waals surface area contributed by atoms with Gasteiger partial charge in [0, 0.05) is 30.4 Å². The average Bonchev–Trinajstić information content (AvgIpc) is 3.47. The van der Waals surface area contributed by atoms with Crippen LogP contribution in [0, 0.1) is 6.92 Å². The number of ether oxygens (including phenoxy) is 1. The first kappa shape index (κ1) is 36.6. The molecule has 5 aromatic rings. The molecular formula is C43H52N6O3. The minimum absolute atomic E-state index is 0.0512. The van der Waals surface area contributed by atoms with Gasteiger partial charge in [-0.25, -0.2) is 9.78 Å². The molecule has 9 nitrogen and oxygen atoms in total.